The molecule has 4 heteroatoms. The molecule has 3 nitrogen and oxygen atoms in total. The van der Waals surface area contributed by atoms with Gasteiger partial charge in [0.05, 0.1) is 12.0 Å². The second kappa shape index (κ2) is 4.23. The molecular formula is C11H16O3S. The number of ether oxygens (including phenoxy) is 1. The van der Waals surface area contributed by atoms with Crippen molar-refractivity contribution in [2.45, 2.75) is 24.7 Å². The van der Waals surface area contributed by atoms with E-state index < -0.39 is 9.84 Å². The summed E-state index contributed by atoms with van der Waals surface area (Å²) in [5, 5.41) is 0. The normalized spacial score (nSPS) is 11.8. The van der Waals surface area contributed by atoms with Gasteiger partial charge in [0.15, 0.2) is 9.84 Å². The summed E-state index contributed by atoms with van der Waals surface area (Å²) in [5.74, 6) is 0.863. The highest BCUT2D eigenvalue weighted by Crippen LogP contribution is 2.25. The Labute approximate surface area is 91.0 Å². The molecular weight excluding hydrogens is 212 g/mol. The topological polar surface area (TPSA) is 43.4 Å². The van der Waals surface area contributed by atoms with E-state index in [0.717, 1.165) is 5.56 Å². The van der Waals surface area contributed by atoms with Crippen LogP contribution in [0.1, 0.15) is 25.3 Å². The molecule has 0 fully saturated rings. The summed E-state index contributed by atoms with van der Waals surface area (Å²) in [4.78, 5) is 0.311. The van der Waals surface area contributed by atoms with Gasteiger partial charge in [0.2, 0.25) is 0 Å². The Bertz CT molecular complexity index is 447. The smallest absolute Gasteiger partial charge is 0.175 e. The fourth-order valence-corrected chi connectivity index (χ4v) is 1.94. The van der Waals surface area contributed by atoms with E-state index >= 15 is 0 Å². The molecule has 0 saturated carbocycles. The maximum Gasteiger partial charge on any atom is 0.175 e. The van der Waals surface area contributed by atoms with E-state index in [0.29, 0.717) is 10.6 Å². The van der Waals surface area contributed by atoms with Crippen LogP contribution in [0.2, 0.25) is 0 Å². The van der Waals surface area contributed by atoms with E-state index in [9.17, 15) is 8.42 Å². The molecule has 0 saturated heterocycles. The van der Waals surface area contributed by atoms with Gasteiger partial charge in [-0.2, -0.15) is 0 Å². The van der Waals surface area contributed by atoms with Crippen LogP contribution in [0.3, 0.4) is 0 Å². The average Bonchev–Trinajstić information content (AvgIpc) is 2.15. The van der Waals surface area contributed by atoms with Crippen LogP contribution in [0.5, 0.6) is 5.75 Å². The Morgan fingerprint density at radius 2 is 1.80 bits per heavy atom. The number of hydrogen-bond acceptors (Lipinski definition) is 3. The third kappa shape index (κ3) is 2.96. The van der Waals surface area contributed by atoms with Crippen molar-refractivity contribution >= 4 is 9.84 Å². The fraction of sp³-hybridized carbons (Fsp3) is 0.455. The van der Waals surface area contributed by atoms with Crippen LogP contribution in [-0.2, 0) is 9.84 Å². The minimum atomic E-state index is -3.17. The highest BCUT2D eigenvalue weighted by molar-refractivity contribution is 7.90. The maximum absolute atomic E-state index is 11.4. The lowest BCUT2D eigenvalue weighted by Gasteiger charge is -2.10. The molecule has 15 heavy (non-hydrogen) atoms. The zero-order valence-electron chi connectivity index (χ0n) is 9.44. The van der Waals surface area contributed by atoms with Gasteiger partial charge in [-0.15, -0.1) is 0 Å². The van der Waals surface area contributed by atoms with Crippen LogP contribution in [-0.4, -0.2) is 21.8 Å². The van der Waals surface area contributed by atoms with Gasteiger partial charge in [-0.1, -0.05) is 13.8 Å². The average molecular weight is 228 g/mol. The van der Waals surface area contributed by atoms with Crippen molar-refractivity contribution in [1.29, 1.82) is 0 Å². The minimum absolute atomic E-state index is 0.278. The van der Waals surface area contributed by atoms with Crippen molar-refractivity contribution in [2.75, 3.05) is 13.4 Å². The fourth-order valence-electron chi connectivity index (χ4n) is 1.26. The quantitative estimate of drug-likeness (QED) is 0.796. The first-order valence-corrected chi connectivity index (χ1v) is 6.62. The summed E-state index contributed by atoms with van der Waals surface area (Å²) in [7, 11) is -1.64. The third-order valence-corrected chi connectivity index (χ3v) is 3.32. The maximum atomic E-state index is 11.4. The van der Waals surface area contributed by atoms with Gasteiger partial charge in [0.1, 0.15) is 5.75 Å². The van der Waals surface area contributed by atoms with E-state index in [-0.39, 0.29) is 5.92 Å². The first kappa shape index (κ1) is 12.0. The molecule has 0 N–H and O–H groups in total. The van der Waals surface area contributed by atoms with Crippen LogP contribution in [0.4, 0.5) is 0 Å². The second-order valence-corrected chi connectivity index (χ2v) is 5.88. The lowest BCUT2D eigenvalue weighted by molar-refractivity contribution is 0.412. The molecule has 1 aromatic carbocycles. The molecule has 0 spiro atoms. The van der Waals surface area contributed by atoms with Crippen molar-refractivity contribution in [2.24, 2.45) is 0 Å². The molecule has 0 aliphatic heterocycles. The Kier molecular flexibility index (Phi) is 3.39. The van der Waals surface area contributed by atoms with Gasteiger partial charge in [-0.05, 0) is 29.7 Å². The predicted octanol–water partition coefficient (Wildman–Crippen LogP) is 2.22. The Hall–Kier alpha value is -1.03. The lowest BCUT2D eigenvalue weighted by atomic mass is 10.0. The van der Waals surface area contributed by atoms with Crippen LogP contribution >= 0.6 is 0 Å². The molecule has 1 rings (SSSR count). The highest BCUT2D eigenvalue weighted by Gasteiger charge is 2.11. The summed E-state index contributed by atoms with van der Waals surface area (Å²) in [6, 6.07) is 5.10. The summed E-state index contributed by atoms with van der Waals surface area (Å²) in [6.07, 6.45) is 1.20. The van der Waals surface area contributed by atoms with Gasteiger partial charge in [-0.3, -0.25) is 0 Å². The van der Waals surface area contributed by atoms with Crippen molar-refractivity contribution in [3.8, 4) is 5.75 Å². The standard InChI is InChI=1S/C11H16O3S/c1-8(2)9-5-10(14-3)7-11(6-9)15(4,12)13/h5-8H,1-4H3. The molecule has 0 amide bonds. The van der Waals surface area contributed by atoms with Crippen molar-refractivity contribution in [3.05, 3.63) is 23.8 Å². The first-order valence-electron chi connectivity index (χ1n) is 4.73. The van der Waals surface area contributed by atoms with Gasteiger partial charge in [0.25, 0.3) is 0 Å². The molecule has 0 aliphatic carbocycles. The van der Waals surface area contributed by atoms with Gasteiger partial charge in [0, 0.05) is 6.26 Å². The van der Waals surface area contributed by atoms with E-state index in [1.165, 1.54) is 13.4 Å². The molecule has 0 atom stereocenters. The van der Waals surface area contributed by atoms with Crippen molar-refractivity contribution < 1.29 is 13.2 Å². The van der Waals surface area contributed by atoms with E-state index in [1.807, 2.05) is 19.9 Å². The molecule has 84 valence electrons. The Balaban J connectivity index is 3.36. The van der Waals surface area contributed by atoms with Crippen molar-refractivity contribution in [3.63, 3.8) is 0 Å². The van der Waals surface area contributed by atoms with Gasteiger partial charge >= 0.3 is 0 Å². The van der Waals surface area contributed by atoms with E-state index in [2.05, 4.69) is 0 Å². The van der Waals surface area contributed by atoms with Crippen LogP contribution in [0, 0.1) is 0 Å². The molecule has 0 aliphatic rings. The van der Waals surface area contributed by atoms with Gasteiger partial charge < -0.3 is 4.74 Å². The molecule has 0 bridgehead atoms. The number of methoxy groups -OCH3 is 1. The molecule has 0 aromatic heterocycles. The van der Waals surface area contributed by atoms with Crippen molar-refractivity contribution in [1.82, 2.24) is 0 Å². The van der Waals surface area contributed by atoms with E-state index in [4.69, 9.17) is 4.74 Å². The largest absolute Gasteiger partial charge is 0.497 e. The van der Waals surface area contributed by atoms with Crippen LogP contribution in [0.25, 0.3) is 0 Å². The molecule has 1 aromatic rings. The minimum Gasteiger partial charge on any atom is -0.497 e. The molecule has 0 unspecified atom stereocenters. The van der Waals surface area contributed by atoms with Gasteiger partial charge in [-0.25, -0.2) is 8.42 Å². The number of sulfone groups is 1. The summed E-state index contributed by atoms with van der Waals surface area (Å²) >= 11 is 0. The number of hydrogen-bond donors (Lipinski definition) is 0. The van der Waals surface area contributed by atoms with Crippen LogP contribution in [0.15, 0.2) is 23.1 Å². The summed E-state index contributed by atoms with van der Waals surface area (Å²) in [5.41, 5.74) is 0.967. The first-order chi connectivity index (χ1) is 6.84. The zero-order valence-corrected chi connectivity index (χ0v) is 10.3. The predicted molar refractivity (Wildman–Crippen MR) is 60.2 cm³/mol. The zero-order chi connectivity index (χ0) is 11.6. The lowest BCUT2D eigenvalue weighted by Crippen LogP contribution is -2.00. The Morgan fingerprint density at radius 3 is 2.20 bits per heavy atom. The van der Waals surface area contributed by atoms with Crippen LogP contribution < -0.4 is 4.74 Å². The Morgan fingerprint density at radius 1 is 1.20 bits per heavy atom. The van der Waals surface area contributed by atoms with E-state index in [1.54, 1.807) is 12.1 Å². The monoisotopic (exact) mass is 228 g/mol. The number of rotatable bonds is 3. The molecule has 0 heterocycles. The third-order valence-electron chi connectivity index (χ3n) is 2.23. The number of benzene rings is 1. The summed E-state index contributed by atoms with van der Waals surface area (Å²) in [6.45, 7) is 4.03. The highest BCUT2D eigenvalue weighted by atomic mass is 32.2. The second-order valence-electron chi connectivity index (χ2n) is 3.87. The molecule has 0 radical (unpaired) electrons. The SMILES string of the molecule is COc1cc(C(C)C)cc(S(C)(=O)=O)c1. The summed E-state index contributed by atoms with van der Waals surface area (Å²) < 4.78 is 27.9.